The number of rotatable bonds is 7. The molecule has 1 aromatic rings. The van der Waals surface area contributed by atoms with Crippen LogP contribution in [0, 0.1) is 17.2 Å². The number of nitriles is 1. The van der Waals surface area contributed by atoms with Crippen molar-refractivity contribution in [2.75, 3.05) is 19.6 Å². The fourth-order valence-electron chi connectivity index (χ4n) is 1.74. The number of thiophene rings is 1. The number of hydrogen-bond donors (Lipinski definition) is 0. The molecular weight excluding hydrogens is 216 g/mol. The highest BCUT2D eigenvalue weighted by Crippen LogP contribution is 2.08. The SMILES string of the molecule is CC(C)CN(CCC#N)CCc1ccsc1. The van der Waals surface area contributed by atoms with Gasteiger partial charge in [-0.05, 0) is 34.7 Å². The first-order valence-corrected chi connectivity index (χ1v) is 6.77. The van der Waals surface area contributed by atoms with Crippen LogP contribution >= 0.6 is 11.3 Å². The Balaban J connectivity index is 2.34. The van der Waals surface area contributed by atoms with E-state index < -0.39 is 0 Å². The topological polar surface area (TPSA) is 27.0 Å². The Bertz CT molecular complexity index is 311. The first-order valence-electron chi connectivity index (χ1n) is 5.82. The minimum Gasteiger partial charge on any atom is -0.302 e. The highest BCUT2D eigenvalue weighted by atomic mass is 32.1. The average molecular weight is 236 g/mol. The molecule has 88 valence electrons. The molecule has 0 spiro atoms. The minimum atomic E-state index is 0.635. The van der Waals surface area contributed by atoms with Gasteiger partial charge in [0.1, 0.15) is 0 Å². The van der Waals surface area contributed by atoms with E-state index in [0.29, 0.717) is 12.3 Å². The summed E-state index contributed by atoms with van der Waals surface area (Å²) in [5, 5.41) is 13.0. The third-order valence-electron chi connectivity index (χ3n) is 2.46. The van der Waals surface area contributed by atoms with Crippen LogP contribution in [0.25, 0.3) is 0 Å². The highest BCUT2D eigenvalue weighted by Gasteiger charge is 2.07. The fraction of sp³-hybridized carbons (Fsp3) is 0.615. The third kappa shape index (κ3) is 5.29. The van der Waals surface area contributed by atoms with Gasteiger partial charge in [0, 0.05) is 26.1 Å². The van der Waals surface area contributed by atoms with Crippen molar-refractivity contribution in [3.8, 4) is 6.07 Å². The molecule has 1 aromatic heterocycles. The molecule has 1 heterocycles. The summed E-state index contributed by atoms with van der Waals surface area (Å²) in [4.78, 5) is 2.39. The Morgan fingerprint density at radius 1 is 1.44 bits per heavy atom. The Morgan fingerprint density at radius 3 is 2.81 bits per heavy atom. The summed E-state index contributed by atoms with van der Waals surface area (Å²) < 4.78 is 0. The second-order valence-corrected chi connectivity index (χ2v) is 5.26. The summed E-state index contributed by atoms with van der Waals surface area (Å²) in [6, 6.07) is 4.41. The van der Waals surface area contributed by atoms with Gasteiger partial charge in [-0.15, -0.1) is 0 Å². The maximum Gasteiger partial charge on any atom is 0.0635 e. The van der Waals surface area contributed by atoms with Gasteiger partial charge in [0.15, 0.2) is 0 Å². The lowest BCUT2D eigenvalue weighted by Gasteiger charge is -2.22. The van der Waals surface area contributed by atoms with Gasteiger partial charge in [-0.2, -0.15) is 16.6 Å². The fourth-order valence-corrected chi connectivity index (χ4v) is 2.44. The molecule has 0 saturated heterocycles. The highest BCUT2D eigenvalue weighted by molar-refractivity contribution is 7.07. The molecule has 0 bridgehead atoms. The smallest absolute Gasteiger partial charge is 0.0635 e. The molecule has 0 saturated carbocycles. The monoisotopic (exact) mass is 236 g/mol. The Labute approximate surface area is 103 Å². The van der Waals surface area contributed by atoms with E-state index in [0.717, 1.165) is 26.1 Å². The largest absolute Gasteiger partial charge is 0.302 e. The van der Waals surface area contributed by atoms with Gasteiger partial charge in [-0.25, -0.2) is 0 Å². The predicted molar refractivity (Wildman–Crippen MR) is 69.5 cm³/mol. The zero-order valence-electron chi connectivity index (χ0n) is 10.1. The minimum absolute atomic E-state index is 0.635. The van der Waals surface area contributed by atoms with Crippen molar-refractivity contribution in [1.29, 1.82) is 5.26 Å². The third-order valence-corrected chi connectivity index (χ3v) is 3.19. The summed E-state index contributed by atoms with van der Waals surface area (Å²) in [5.74, 6) is 0.668. The lowest BCUT2D eigenvalue weighted by Crippen LogP contribution is -2.30. The molecule has 0 fully saturated rings. The van der Waals surface area contributed by atoms with E-state index in [2.05, 4.69) is 41.6 Å². The molecule has 16 heavy (non-hydrogen) atoms. The molecule has 0 N–H and O–H groups in total. The van der Waals surface area contributed by atoms with E-state index >= 15 is 0 Å². The number of hydrogen-bond acceptors (Lipinski definition) is 3. The molecule has 0 atom stereocenters. The van der Waals surface area contributed by atoms with Gasteiger partial charge < -0.3 is 4.90 Å². The van der Waals surface area contributed by atoms with Crippen molar-refractivity contribution in [2.24, 2.45) is 5.92 Å². The second kappa shape index (κ2) is 7.43. The quantitative estimate of drug-likeness (QED) is 0.727. The molecule has 0 aromatic carbocycles. The van der Waals surface area contributed by atoms with Crippen molar-refractivity contribution in [2.45, 2.75) is 26.7 Å². The van der Waals surface area contributed by atoms with Crippen LogP contribution in [0.5, 0.6) is 0 Å². The Kier molecular flexibility index (Phi) is 6.14. The van der Waals surface area contributed by atoms with E-state index in [1.54, 1.807) is 11.3 Å². The molecular formula is C13H20N2S. The van der Waals surface area contributed by atoms with E-state index in [9.17, 15) is 0 Å². The van der Waals surface area contributed by atoms with Crippen LogP contribution in [0.4, 0.5) is 0 Å². The van der Waals surface area contributed by atoms with Crippen molar-refractivity contribution in [3.63, 3.8) is 0 Å². The van der Waals surface area contributed by atoms with E-state index in [-0.39, 0.29) is 0 Å². The molecule has 0 radical (unpaired) electrons. The predicted octanol–water partition coefficient (Wildman–Crippen LogP) is 3.16. The van der Waals surface area contributed by atoms with Crippen molar-refractivity contribution >= 4 is 11.3 Å². The molecule has 0 aliphatic carbocycles. The van der Waals surface area contributed by atoms with Crippen LogP contribution in [0.3, 0.4) is 0 Å². The Hall–Kier alpha value is -0.850. The van der Waals surface area contributed by atoms with Crippen LogP contribution in [-0.4, -0.2) is 24.5 Å². The summed E-state index contributed by atoms with van der Waals surface area (Å²) in [6.07, 6.45) is 1.73. The average Bonchev–Trinajstić information content (AvgIpc) is 2.74. The van der Waals surface area contributed by atoms with Gasteiger partial charge in [0.25, 0.3) is 0 Å². The lowest BCUT2D eigenvalue weighted by atomic mass is 10.1. The van der Waals surface area contributed by atoms with E-state index in [4.69, 9.17) is 5.26 Å². The first kappa shape index (κ1) is 13.2. The van der Waals surface area contributed by atoms with E-state index in [1.807, 2.05) is 0 Å². The Morgan fingerprint density at radius 2 is 2.25 bits per heavy atom. The molecule has 3 heteroatoms. The van der Waals surface area contributed by atoms with Crippen molar-refractivity contribution < 1.29 is 0 Å². The maximum atomic E-state index is 8.63. The van der Waals surface area contributed by atoms with Crippen molar-refractivity contribution in [3.05, 3.63) is 22.4 Å². The first-order chi connectivity index (χ1) is 7.72. The summed E-state index contributed by atoms with van der Waals surface area (Å²) >= 11 is 1.75. The van der Waals surface area contributed by atoms with Crippen LogP contribution < -0.4 is 0 Å². The molecule has 0 unspecified atom stereocenters. The van der Waals surface area contributed by atoms with Crippen LogP contribution in [-0.2, 0) is 6.42 Å². The van der Waals surface area contributed by atoms with Crippen LogP contribution in [0.15, 0.2) is 16.8 Å². The second-order valence-electron chi connectivity index (χ2n) is 4.48. The maximum absolute atomic E-state index is 8.63. The lowest BCUT2D eigenvalue weighted by molar-refractivity contribution is 0.252. The molecule has 0 amide bonds. The van der Waals surface area contributed by atoms with Gasteiger partial charge in [0.2, 0.25) is 0 Å². The van der Waals surface area contributed by atoms with Gasteiger partial charge in [0.05, 0.1) is 6.07 Å². The molecule has 1 rings (SSSR count). The van der Waals surface area contributed by atoms with Gasteiger partial charge in [-0.1, -0.05) is 13.8 Å². The number of nitrogens with zero attached hydrogens (tertiary/aromatic N) is 2. The molecule has 0 aliphatic rings. The zero-order chi connectivity index (χ0) is 11.8. The van der Waals surface area contributed by atoms with Gasteiger partial charge in [-0.3, -0.25) is 0 Å². The molecule has 2 nitrogen and oxygen atoms in total. The zero-order valence-corrected chi connectivity index (χ0v) is 11.0. The summed E-state index contributed by atoms with van der Waals surface area (Å²) in [6.45, 7) is 7.51. The van der Waals surface area contributed by atoms with Crippen LogP contribution in [0.2, 0.25) is 0 Å². The van der Waals surface area contributed by atoms with Crippen LogP contribution in [0.1, 0.15) is 25.8 Å². The van der Waals surface area contributed by atoms with E-state index in [1.165, 1.54) is 5.56 Å². The van der Waals surface area contributed by atoms with Gasteiger partial charge >= 0.3 is 0 Å². The van der Waals surface area contributed by atoms with Crippen molar-refractivity contribution in [1.82, 2.24) is 4.90 Å². The summed E-state index contributed by atoms with van der Waals surface area (Å²) in [7, 11) is 0. The summed E-state index contributed by atoms with van der Waals surface area (Å²) in [5.41, 5.74) is 1.41. The normalized spacial score (nSPS) is 10.9. The molecule has 0 aliphatic heterocycles. The standard InChI is InChI=1S/C13H20N2S/c1-12(2)10-15(7-3-6-14)8-4-13-5-9-16-11-13/h5,9,11-12H,3-4,7-8,10H2,1-2H3.